The Morgan fingerprint density at radius 1 is 0.885 bits per heavy atom. The summed E-state index contributed by atoms with van der Waals surface area (Å²) in [7, 11) is -3.58. The van der Waals surface area contributed by atoms with Crippen LogP contribution < -0.4 is 10.6 Å². The van der Waals surface area contributed by atoms with Gasteiger partial charge < -0.3 is 10.6 Å². The van der Waals surface area contributed by atoms with Crippen molar-refractivity contribution in [1.29, 1.82) is 0 Å². The van der Waals surface area contributed by atoms with Gasteiger partial charge in [0.25, 0.3) is 0 Å². The number of halogens is 1. The summed E-state index contributed by atoms with van der Waals surface area (Å²) in [4.78, 5) is 23.6. The molecule has 0 heterocycles. The minimum atomic E-state index is -3.58. The van der Waals surface area contributed by atoms with Gasteiger partial charge in [-0.2, -0.15) is 0 Å². The predicted molar refractivity (Wildman–Crippen MR) is 99.4 cm³/mol. The van der Waals surface area contributed by atoms with Crippen LogP contribution in [-0.4, -0.2) is 32.5 Å². The molecule has 0 unspecified atom stereocenters. The number of sulfone groups is 1. The Balaban J connectivity index is 1.73. The Kier molecular flexibility index (Phi) is 7.17. The number of amides is 2. The first-order chi connectivity index (χ1) is 12.4. The fourth-order valence-electron chi connectivity index (χ4n) is 2.11. The van der Waals surface area contributed by atoms with Crippen LogP contribution in [0.2, 0.25) is 5.02 Å². The van der Waals surface area contributed by atoms with Crippen molar-refractivity contribution in [3.05, 3.63) is 65.2 Å². The molecule has 0 aliphatic rings. The number of carbonyl (C=O) groups excluding carboxylic acids is 2. The molecule has 0 aliphatic carbocycles. The van der Waals surface area contributed by atoms with E-state index in [1.807, 2.05) is 30.3 Å². The molecule has 2 rings (SSSR count). The molecule has 2 aromatic carbocycles. The van der Waals surface area contributed by atoms with Gasteiger partial charge in [0.15, 0.2) is 9.84 Å². The summed E-state index contributed by atoms with van der Waals surface area (Å²) in [6, 6.07) is 15.1. The van der Waals surface area contributed by atoms with E-state index in [4.69, 9.17) is 11.6 Å². The van der Waals surface area contributed by atoms with E-state index in [9.17, 15) is 18.0 Å². The Morgan fingerprint density at radius 3 is 2.19 bits per heavy atom. The van der Waals surface area contributed by atoms with Gasteiger partial charge in [0.2, 0.25) is 11.8 Å². The maximum atomic E-state index is 12.1. The number of rotatable bonds is 8. The molecule has 2 N–H and O–H groups in total. The smallest absolute Gasteiger partial charge is 0.239 e. The van der Waals surface area contributed by atoms with E-state index in [1.54, 1.807) is 0 Å². The van der Waals surface area contributed by atoms with E-state index in [-0.39, 0.29) is 29.5 Å². The van der Waals surface area contributed by atoms with Crippen LogP contribution in [0, 0.1) is 0 Å². The standard InChI is InChI=1S/C18H19ClN2O4S/c19-15-6-8-16(9-7-15)26(24,25)11-10-17(22)21-13-18(23)20-12-14-4-2-1-3-5-14/h1-9H,10-13H2,(H,20,23)(H,21,22). The molecule has 0 spiro atoms. The summed E-state index contributed by atoms with van der Waals surface area (Å²) in [6.07, 6.45) is -0.225. The maximum absolute atomic E-state index is 12.1. The van der Waals surface area contributed by atoms with Crippen LogP contribution in [0.5, 0.6) is 0 Å². The third-order valence-electron chi connectivity index (χ3n) is 3.55. The van der Waals surface area contributed by atoms with Gasteiger partial charge >= 0.3 is 0 Å². The zero-order valence-electron chi connectivity index (χ0n) is 13.9. The fourth-order valence-corrected chi connectivity index (χ4v) is 3.48. The van der Waals surface area contributed by atoms with Crippen molar-refractivity contribution in [2.75, 3.05) is 12.3 Å². The molecular weight excluding hydrogens is 376 g/mol. The minimum absolute atomic E-state index is 0.107. The van der Waals surface area contributed by atoms with Gasteiger partial charge in [0, 0.05) is 18.0 Å². The molecular formula is C18H19ClN2O4S. The second kappa shape index (κ2) is 9.35. The van der Waals surface area contributed by atoms with Crippen molar-refractivity contribution in [3.8, 4) is 0 Å². The van der Waals surface area contributed by atoms with Crippen LogP contribution in [0.3, 0.4) is 0 Å². The number of hydrogen-bond acceptors (Lipinski definition) is 4. The van der Waals surface area contributed by atoms with Crippen molar-refractivity contribution >= 4 is 33.3 Å². The van der Waals surface area contributed by atoms with Gasteiger partial charge in [-0.3, -0.25) is 9.59 Å². The molecule has 8 heteroatoms. The first kappa shape index (κ1) is 19.9. The third kappa shape index (κ3) is 6.50. The molecule has 6 nitrogen and oxygen atoms in total. The van der Waals surface area contributed by atoms with Crippen LogP contribution in [0.15, 0.2) is 59.5 Å². The molecule has 2 aromatic rings. The van der Waals surface area contributed by atoms with Crippen LogP contribution in [-0.2, 0) is 26.0 Å². The minimum Gasteiger partial charge on any atom is -0.350 e. The second-order valence-corrected chi connectivity index (χ2v) is 8.11. The zero-order valence-corrected chi connectivity index (χ0v) is 15.5. The van der Waals surface area contributed by atoms with Crippen molar-refractivity contribution in [1.82, 2.24) is 10.6 Å². The second-order valence-electron chi connectivity index (χ2n) is 5.56. The van der Waals surface area contributed by atoms with Crippen molar-refractivity contribution in [3.63, 3.8) is 0 Å². The first-order valence-electron chi connectivity index (χ1n) is 7.92. The van der Waals surface area contributed by atoms with Gasteiger partial charge in [-0.05, 0) is 29.8 Å². The number of hydrogen-bond donors (Lipinski definition) is 2. The van der Waals surface area contributed by atoms with Gasteiger partial charge in [-0.1, -0.05) is 41.9 Å². The molecule has 0 bridgehead atoms. The molecule has 26 heavy (non-hydrogen) atoms. The quantitative estimate of drug-likeness (QED) is 0.715. The molecule has 0 fully saturated rings. The summed E-state index contributed by atoms with van der Waals surface area (Å²) in [5.74, 6) is -1.19. The van der Waals surface area contributed by atoms with Gasteiger partial charge in [-0.15, -0.1) is 0 Å². The Hall–Kier alpha value is -2.38. The summed E-state index contributed by atoms with van der Waals surface area (Å²) < 4.78 is 24.3. The number of nitrogens with one attached hydrogen (secondary N) is 2. The maximum Gasteiger partial charge on any atom is 0.239 e. The Bertz CT molecular complexity index is 853. The zero-order chi connectivity index (χ0) is 19.0. The topological polar surface area (TPSA) is 92.3 Å². The van der Waals surface area contributed by atoms with E-state index in [0.29, 0.717) is 11.6 Å². The van der Waals surface area contributed by atoms with Crippen molar-refractivity contribution < 1.29 is 18.0 Å². The molecule has 0 saturated carbocycles. The van der Waals surface area contributed by atoms with E-state index < -0.39 is 15.7 Å². The third-order valence-corrected chi connectivity index (χ3v) is 5.53. The molecule has 0 radical (unpaired) electrons. The lowest BCUT2D eigenvalue weighted by Crippen LogP contribution is -2.37. The lowest BCUT2D eigenvalue weighted by atomic mass is 10.2. The van der Waals surface area contributed by atoms with Crippen LogP contribution in [0.25, 0.3) is 0 Å². The van der Waals surface area contributed by atoms with Crippen LogP contribution >= 0.6 is 11.6 Å². The SMILES string of the molecule is O=C(CCS(=O)(=O)c1ccc(Cl)cc1)NCC(=O)NCc1ccccc1. The van der Waals surface area contributed by atoms with E-state index in [0.717, 1.165) is 5.56 Å². The lowest BCUT2D eigenvalue weighted by Gasteiger charge is -2.08. The lowest BCUT2D eigenvalue weighted by molar-refractivity contribution is -0.125. The molecule has 138 valence electrons. The normalized spacial score (nSPS) is 11.0. The summed E-state index contributed by atoms with van der Waals surface area (Å²) in [5, 5.41) is 5.52. The van der Waals surface area contributed by atoms with Gasteiger partial charge in [-0.25, -0.2) is 8.42 Å². The van der Waals surface area contributed by atoms with Crippen LogP contribution in [0.1, 0.15) is 12.0 Å². The van der Waals surface area contributed by atoms with Crippen molar-refractivity contribution in [2.45, 2.75) is 17.9 Å². The van der Waals surface area contributed by atoms with E-state index in [1.165, 1.54) is 24.3 Å². The average Bonchev–Trinajstić information content (AvgIpc) is 2.64. The van der Waals surface area contributed by atoms with E-state index >= 15 is 0 Å². The highest BCUT2D eigenvalue weighted by molar-refractivity contribution is 7.91. The summed E-state index contributed by atoms with van der Waals surface area (Å²) >= 11 is 5.73. The highest BCUT2D eigenvalue weighted by Crippen LogP contribution is 2.15. The average molecular weight is 395 g/mol. The van der Waals surface area contributed by atoms with E-state index in [2.05, 4.69) is 10.6 Å². The fraction of sp³-hybridized carbons (Fsp3) is 0.222. The van der Waals surface area contributed by atoms with Crippen LogP contribution in [0.4, 0.5) is 0 Å². The largest absolute Gasteiger partial charge is 0.350 e. The monoisotopic (exact) mass is 394 g/mol. The van der Waals surface area contributed by atoms with Gasteiger partial charge in [0.05, 0.1) is 17.2 Å². The molecule has 0 atom stereocenters. The first-order valence-corrected chi connectivity index (χ1v) is 9.95. The predicted octanol–water partition coefficient (Wildman–Crippen LogP) is 1.94. The number of carbonyl (C=O) groups is 2. The summed E-state index contributed by atoms with van der Waals surface area (Å²) in [6.45, 7) is 0.160. The Labute approximate surface area is 157 Å². The number of benzene rings is 2. The molecule has 0 saturated heterocycles. The highest BCUT2D eigenvalue weighted by atomic mass is 35.5. The van der Waals surface area contributed by atoms with Crippen molar-refractivity contribution in [2.24, 2.45) is 0 Å². The Morgan fingerprint density at radius 2 is 1.54 bits per heavy atom. The van der Waals surface area contributed by atoms with Gasteiger partial charge in [0.1, 0.15) is 0 Å². The highest BCUT2D eigenvalue weighted by Gasteiger charge is 2.16. The molecule has 0 aliphatic heterocycles. The molecule has 0 aromatic heterocycles. The molecule has 2 amide bonds. The summed E-state index contributed by atoms with van der Waals surface area (Å²) in [5.41, 5.74) is 0.946.